The fourth-order valence-corrected chi connectivity index (χ4v) is 1.50. The minimum absolute atomic E-state index is 0.170. The van der Waals surface area contributed by atoms with Crippen LogP contribution in [0.25, 0.3) is 5.57 Å². The Morgan fingerprint density at radius 2 is 1.80 bits per heavy atom. The van der Waals surface area contributed by atoms with Gasteiger partial charge in [-0.2, -0.15) is 0 Å². The smallest absolute Gasteiger partial charge is 0.160 e. The number of ether oxygens (including phenoxy) is 2. The molecule has 0 atom stereocenters. The first kappa shape index (κ1) is 12.0. The molecule has 0 fully saturated rings. The molecule has 2 nitrogen and oxygen atoms in total. The molecule has 15 heavy (non-hydrogen) atoms. The van der Waals surface area contributed by atoms with E-state index < -0.39 is 0 Å². The Bertz CT molecular complexity index is 300. The number of hydrogen-bond acceptors (Lipinski definition) is 2. The number of allylic oxidation sites excluding steroid dienone is 1. The van der Waals surface area contributed by atoms with Crippen LogP contribution >= 0.6 is 0 Å². The highest BCUT2D eigenvalue weighted by Crippen LogP contribution is 2.20. The summed E-state index contributed by atoms with van der Waals surface area (Å²) in [5.41, 5.74) is 2.46. The second-order valence-corrected chi connectivity index (χ2v) is 3.29. The molecule has 0 radical (unpaired) electrons. The third kappa shape index (κ3) is 3.50. The number of methoxy groups -OCH3 is 2. The number of rotatable bonds is 5. The average Bonchev–Trinajstić information content (AvgIpc) is 2.32. The first-order chi connectivity index (χ1) is 7.31. The van der Waals surface area contributed by atoms with E-state index >= 15 is 0 Å². The Labute approximate surface area is 91.5 Å². The molecule has 1 rings (SSSR count). The Balaban J connectivity index is 2.74. The minimum atomic E-state index is -0.170. The lowest BCUT2D eigenvalue weighted by atomic mass is 10.0. The van der Waals surface area contributed by atoms with Gasteiger partial charge in [0.2, 0.25) is 0 Å². The molecule has 1 aromatic rings. The molecule has 0 aliphatic heterocycles. The monoisotopic (exact) mass is 206 g/mol. The van der Waals surface area contributed by atoms with Gasteiger partial charge in [-0.25, -0.2) is 0 Å². The van der Waals surface area contributed by atoms with Gasteiger partial charge in [0, 0.05) is 20.6 Å². The predicted octanol–water partition coefficient (Wildman–Crippen LogP) is 3.10. The molecule has 0 aromatic heterocycles. The first-order valence-corrected chi connectivity index (χ1v) is 5.08. The van der Waals surface area contributed by atoms with Crippen LogP contribution in [-0.4, -0.2) is 20.5 Å². The molecule has 0 heterocycles. The van der Waals surface area contributed by atoms with Crippen molar-refractivity contribution in [2.24, 2.45) is 0 Å². The van der Waals surface area contributed by atoms with Crippen LogP contribution in [0.1, 0.15) is 18.9 Å². The quantitative estimate of drug-likeness (QED) is 0.689. The first-order valence-electron chi connectivity index (χ1n) is 5.08. The van der Waals surface area contributed by atoms with Crippen molar-refractivity contribution in [1.29, 1.82) is 0 Å². The van der Waals surface area contributed by atoms with Crippen LogP contribution < -0.4 is 0 Å². The highest BCUT2D eigenvalue weighted by molar-refractivity contribution is 5.65. The lowest BCUT2D eigenvalue weighted by molar-refractivity contribution is -0.0971. The lowest BCUT2D eigenvalue weighted by Gasteiger charge is -2.15. The van der Waals surface area contributed by atoms with Crippen LogP contribution in [0.15, 0.2) is 36.4 Å². The molecule has 0 aliphatic carbocycles. The molecule has 2 heteroatoms. The highest BCUT2D eigenvalue weighted by Gasteiger charge is 2.09. The molecular formula is C13H18O2. The molecule has 0 amide bonds. The van der Waals surface area contributed by atoms with Crippen molar-refractivity contribution in [3.8, 4) is 0 Å². The molecule has 82 valence electrons. The summed E-state index contributed by atoms with van der Waals surface area (Å²) >= 11 is 0. The molecule has 0 aliphatic rings. The average molecular weight is 206 g/mol. The molecule has 0 saturated carbocycles. The molecule has 0 N–H and O–H groups in total. The molecular weight excluding hydrogens is 188 g/mol. The summed E-state index contributed by atoms with van der Waals surface area (Å²) in [7, 11) is 3.32. The molecule has 0 unspecified atom stereocenters. The van der Waals surface area contributed by atoms with E-state index in [1.165, 1.54) is 11.1 Å². The minimum Gasteiger partial charge on any atom is -0.356 e. The summed E-state index contributed by atoms with van der Waals surface area (Å²) in [4.78, 5) is 0. The maximum absolute atomic E-state index is 5.19. The van der Waals surface area contributed by atoms with Gasteiger partial charge in [-0.05, 0) is 18.1 Å². The SMILES string of the molecule is C/C=C(/CC(OC)OC)c1ccccc1. The third-order valence-corrected chi connectivity index (χ3v) is 2.41. The van der Waals surface area contributed by atoms with E-state index in [-0.39, 0.29) is 6.29 Å². The van der Waals surface area contributed by atoms with Gasteiger partial charge in [-0.15, -0.1) is 0 Å². The van der Waals surface area contributed by atoms with Gasteiger partial charge in [0.25, 0.3) is 0 Å². The summed E-state index contributed by atoms with van der Waals surface area (Å²) in [5, 5.41) is 0. The number of hydrogen-bond donors (Lipinski definition) is 0. The van der Waals surface area contributed by atoms with Crippen LogP contribution in [-0.2, 0) is 9.47 Å². The second kappa shape index (κ2) is 6.38. The standard InChI is InChI=1S/C13H18O2/c1-4-11(10-13(14-2)15-3)12-8-6-5-7-9-12/h4-9,13H,10H2,1-3H3/b11-4-. The van der Waals surface area contributed by atoms with E-state index in [1.54, 1.807) is 14.2 Å². The summed E-state index contributed by atoms with van der Waals surface area (Å²) in [5.74, 6) is 0. The van der Waals surface area contributed by atoms with Gasteiger partial charge in [-0.1, -0.05) is 36.4 Å². The van der Waals surface area contributed by atoms with E-state index in [0.717, 1.165) is 6.42 Å². The number of benzene rings is 1. The topological polar surface area (TPSA) is 18.5 Å². The van der Waals surface area contributed by atoms with Gasteiger partial charge in [0.1, 0.15) is 0 Å². The van der Waals surface area contributed by atoms with Crippen LogP contribution in [0.2, 0.25) is 0 Å². The van der Waals surface area contributed by atoms with Crippen molar-refractivity contribution in [3.63, 3.8) is 0 Å². The van der Waals surface area contributed by atoms with Crippen molar-refractivity contribution in [2.45, 2.75) is 19.6 Å². The Hall–Kier alpha value is -1.12. The van der Waals surface area contributed by atoms with E-state index in [0.29, 0.717) is 0 Å². The summed E-state index contributed by atoms with van der Waals surface area (Å²) in [6, 6.07) is 10.3. The highest BCUT2D eigenvalue weighted by atomic mass is 16.7. The third-order valence-electron chi connectivity index (χ3n) is 2.41. The molecule has 1 aromatic carbocycles. The molecule has 0 spiro atoms. The fourth-order valence-electron chi connectivity index (χ4n) is 1.50. The van der Waals surface area contributed by atoms with E-state index in [4.69, 9.17) is 9.47 Å². The Morgan fingerprint density at radius 1 is 1.20 bits per heavy atom. The summed E-state index contributed by atoms with van der Waals surface area (Å²) in [6.07, 6.45) is 2.70. The van der Waals surface area contributed by atoms with E-state index in [2.05, 4.69) is 18.2 Å². The van der Waals surface area contributed by atoms with Gasteiger partial charge in [0.15, 0.2) is 6.29 Å². The van der Waals surface area contributed by atoms with Gasteiger partial charge in [-0.3, -0.25) is 0 Å². The van der Waals surface area contributed by atoms with Crippen LogP contribution in [0.3, 0.4) is 0 Å². The Kier molecular flexibility index (Phi) is 5.08. The van der Waals surface area contributed by atoms with Crippen LogP contribution in [0.4, 0.5) is 0 Å². The van der Waals surface area contributed by atoms with Crippen molar-refractivity contribution in [2.75, 3.05) is 14.2 Å². The van der Waals surface area contributed by atoms with E-state index in [1.807, 2.05) is 25.1 Å². The van der Waals surface area contributed by atoms with Crippen LogP contribution in [0.5, 0.6) is 0 Å². The second-order valence-electron chi connectivity index (χ2n) is 3.29. The zero-order chi connectivity index (χ0) is 11.1. The normalized spacial score (nSPS) is 12.1. The maximum atomic E-state index is 5.19. The molecule has 0 bridgehead atoms. The lowest BCUT2D eigenvalue weighted by Crippen LogP contribution is -2.13. The van der Waals surface area contributed by atoms with E-state index in [9.17, 15) is 0 Å². The van der Waals surface area contributed by atoms with Crippen molar-refractivity contribution in [1.82, 2.24) is 0 Å². The van der Waals surface area contributed by atoms with Crippen molar-refractivity contribution >= 4 is 5.57 Å². The molecule has 0 saturated heterocycles. The van der Waals surface area contributed by atoms with Crippen molar-refractivity contribution < 1.29 is 9.47 Å². The van der Waals surface area contributed by atoms with Gasteiger partial charge < -0.3 is 9.47 Å². The van der Waals surface area contributed by atoms with Crippen molar-refractivity contribution in [3.05, 3.63) is 42.0 Å². The van der Waals surface area contributed by atoms with Gasteiger partial charge in [0.05, 0.1) is 0 Å². The fraction of sp³-hybridized carbons (Fsp3) is 0.385. The summed E-state index contributed by atoms with van der Waals surface area (Å²) < 4.78 is 10.4. The van der Waals surface area contributed by atoms with Gasteiger partial charge >= 0.3 is 0 Å². The zero-order valence-electron chi connectivity index (χ0n) is 9.57. The summed E-state index contributed by atoms with van der Waals surface area (Å²) in [6.45, 7) is 2.03. The van der Waals surface area contributed by atoms with Crippen LogP contribution in [0, 0.1) is 0 Å². The predicted molar refractivity (Wildman–Crippen MR) is 62.5 cm³/mol. The zero-order valence-corrected chi connectivity index (χ0v) is 9.57. The maximum Gasteiger partial charge on any atom is 0.160 e. The Morgan fingerprint density at radius 3 is 2.27 bits per heavy atom. The largest absolute Gasteiger partial charge is 0.356 e.